The van der Waals surface area contributed by atoms with E-state index in [4.69, 9.17) is 16.3 Å². The molecule has 1 N–H and O–H groups in total. The molecule has 0 bridgehead atoms. The number of rotatable bonds is 1. The smallest absolute Gasteiger partial charge is 0.142 e. The molecular weight excluding hydrogens is 241 g/mol. The van der Waals surface area contributed by atoms with E-state index in [0.29, 0.717) is 5.39 Å². The van der Waals surface area contributed by atoms with Gasteiger partial charge in [0.05, 0.1) is 17.6 Å². The second-order valence-corrected chi connectivity index (χ2v) is 4.20. The van der Waals surface area contributed by atoms with Gasteiger partial charge in [-0.3, -0.25) is 0 Å². The molecule has 1 heterocycles. The maximum atomic E-state index is 13.4. The van der Waals surface area contributed by atoms with Crippen LogP contribution < -0.4 is 4.74 Å². The van der Waals surface area contributed by atoms with Gasteiger partial charge >= 0.3 is 0 Å². The number of nitrogens with one attached hydrogen (secondary N) is 1. The van der Waals surface area contributed by atoms with E-state index in [1.54, 1.807) is 13.2 Å². The lowest BCUT2D eigenvalue weighted by Gasteiger charge is -1.99. The van der Waals surface area contributed by atoms with Crippen molar-refractivity contribution in [3.63, 3.8) is 0 Å². The molecule has 3 aromatic rings. The van der Waals surface area contributed by atoms with Crippen molar-refractivity contribution < 1.29 is 9.13 Å². The van der Waals surface area contributed by atoms with Crippen LogP contribution in [0, 0.1) is 5.82 Å². The van der Waals surface area contributed by atoms with Crippen molar-refractivity contribution in [3.8, 4) is 5.75 Å². The van der Waals surface area contributed by atoms with Crippen LogP contribution in [-0.2, 0) is 0 Å². The third kappa shape index (κ3) is 1.46. The summed E-state index contributed by atoms with van der Waals surface area (Å²) in [4.78, 5) is 3.19. The molecule has 0 spiro atoms. The van der Waals surface area contributed by atoms with Crippen LogP contribution in [0.4, 0.5) is 4.39 Å². The van der Waals surface area contributed by atoms with Gasteiger partial charge in [-0.15, -0.1) is 0 Å². The molecule has 0 aliphatic rings. The Morgan fingerprint density at radius 2 is 2.00 bits per heavy atom. The predicted molar refractivity (Wildman–Crippen MR) is 67.3 cm³/mol. The summed E-state index contributed by atoms with van der Waals surface area (Å²) in [5, 5.41) is 1.76. The molecule has 2 nitrogen and oxygen atoms in total. The van der Waals surface area contributed by atoms with Gasteiger partial charge in [0.15, 0.2) is 0 Å². The average Bonchev–Trinajstić information content (AvgIpc) is 2.71. The summed E-state index contributed by atoms with van der Waals surface area (Å²) in [5.74, 6) is 0.344. The van der Waals surface area contributed by atoms with Crippen LogP contribution in [-0.4, -0.2) is 12.1 Å². The van der Waals surface area contributed by atoms with Crippen LogP contribution >= 0.6 is 11.6 Å². The molecule has 0 unspecified atom stereocenters. The number of halogens is 2. The van der Waals surface area contributed by atoms with Gasteiger partial charge in [0, 0.05) is 22.4 Å². The fourth-order valence-electron chi connectivity index (χ4n) is 2.03. The van der Waals surface area contributed by atoms with Gasteiger partial charge < -0.3 is 9.72 Å². The Balaban J connectivity index is 2.47. The molecule has 0 saturated carbocycles. The first kappa shape index (κ1) is 10.4. The summed E-state index contributed by atoms with van der Waals surface area (Å²) in [6.45, 7) is 0. The van der Waals surface area contributed by atoms with Crippen LogP contribution in [0.1, 0.15) is 0 Å². The van der Waals surface area contributed by atoms with Gasteiger partial charge in [0.2, 0.25) is 0 Å². The molecule has 1 aromatic heterocycles. The minimum Gasteiger partial charge on any atom is -0.497 e. The number of hydrogen-bond acceptors (Lipinski definition) is 1. The molecule has 0 aliphatic heterocycles. The van der Waals surface area contributed by atoms with Crippen molar-refractivity contribution in [2.45, 2.75) is 0 Å². The van der Waals surface area contributed by atoms with E-state index in [-0.39, 0.29) is 5.02 Å². The maximum absolute atomic E-state index is 13.4. The molecule has 0 saturated heterocycles. The largest absolute Gasteiger partial charge is 0.497 e. The van der Waals surface area contributed by atoms with Gasteiger partial charge in [-0.1, -0.05) is 11.6 Å². The molecular formula is C13H9ClFNO. The number of benzene rings is 2. The lowest BCUT2D eigenvalue weighted by Crippen LogP contribution is -1.81. The van der Waals surface area contributed by atoms with Crippen molar-refractivity contribution >= 4 is 33.4 Å². The normalized spacial score (nSPS) is 11.2. The molecule has 0 aliphatic carbocycles. The number of fused-ring (bicyclic) bond motifs is 3. The van der Waals surface area contributed by atoms with Gasteiger partial charge in [-0.2, -0.15) is 0 Å². The Morgan fingerprint density at radius 1 is 1.18 bits per heavy atom. The van der Waals surface area contributed by atoms with E-state index in [0.717, 1.165) is 22.2 Å². The van der Waals surface area contributed by atoms with E-state index in [9.17, 15) is 4.39 Å². The second kappa shape index (κ2) is 3.64. The van der Waals surface area contributed by atoms with Crippen molar-refractivity contribution in [2.24, 2.45) is 0 Å². The zero-order valence-corrected chi connectivity index (χ0v) is 9.81. The predicted octanol–water partition coefficient (Wildman–Crippen LogP) is 4.12. The van der Waals surface area contributed by atoms with Crippen molar-refractivity contribution in [2.75, 3.05) is 7.11 Å². The first-order chi connectivity index (χ1) is 8.20. The minimum atomic E-state index is -0.407. The highest BCUT2D eigenvalue weighted by molar-refractivity contribution is 6.38. The zero-order chi connectivity index (χ0) is 12.0. The van der Waals surface area contributed by atoms with E-state index < -0.39 is 5.82 Å². The number of H-pyrrole nitrogens is 1. The Kier molecular flexibility index (Phi) is 2.23. The molecule has 2 aromatic carbocycles. The quantitative estimate of drug-likeness (QED) is 0.689. The average molecular weight is 250 g/mol. The molecule has 86 valence electrons. The zero-order valence-electron chi connectivity index (χ0n) is 9.05. The fourth-order valence-corrected chi connectivity index (χ4v) is 2.30. The minimum absolute atomic E-state index is 0.152. The molecule has 0 atom stereocenters. The summed E-state index contributed by atoms with van der Waals surface area (Å²) in [5.41, 5.74) is 1.70. The number of hydrogen-bond donors (Lipinski definition) is 1. The van der Waals surface area contributed by atoms with E-state index in [2.05, 4.69) is 4.98 Å². The van der Waals surface area contributed by atoms with E-state index in [1.807, 2.05) is 18.2 Å². The van der Waals surface area contributed by atoms with E-state index >= 15 is 0 Å². The van der Waals surface area contributed by atoms with Crippen molar-refractivity contribution in [1.82, 2.24) is 4.98 Å². The summed E-state index contributed by atoms with van der Waals surface area (Å²) < 4.78 is 18.6. The molecule has 4 heteroatoms. The number of methoxy groups -OCH3 is 1. The molecule has 17 heavy (non-hydrogen) atoms. The van der Waals surface area contributed by atoms with Crippen LogP contribution in [0.3, 0.4) is 0 Å². The highest BCUT2D eigenvalue weighted by atomic mass is 35.5. The number of ether oxygens (including phenoxy) is 1. The first-order valence-corrected chi connectivity index (χ1v) is 5.52. The Hall–Kier alpha value is -1.74. The van der Waals surface area contributed by atoms with Crippen LogP contribution in [0.5, 0.6) is 5.75 Å². The van der Waals surface area contributed by atoms with Crippen molar-refractivity contribution in [1.29, 1.82) is 0 Å². The molecule has 0 amide bonds. The first-order valence-electron chi connectivity index (χ1n) is 5.14. The number of aromatic amines is 1. The summed E-state index contributed by atoms with van der Waals surface area (Å²) >= 11 is 5.99. The standard InChI is InChI=1S/C13H9ClFNO/c1-17-7-2-3-8-11(6-7)16-10-5-4-9(15)13(14)12(8)10/h2-6,16H,1H3. The Bertz CT molecular complexity index is 720. The van der Waals surface area contributed by atoms with Crippen LogP contribution in [0.2, 0.25) is 5.02 Å². The summed E-state index contributed by atoms with van der Waals surface area (Å²) in [6.07, 6.45) is 0. The monoisotopic (exact) mass is 249 g/mol. The van der Waals surface area contributed by atoms with E-state index in [1.165, 1.54) is 6.07 Å². The number of aromatic nitrogens is 1. The van der Waals surface area contributed by atoms with Crippen LogP contribution in [0.25, 0.3) is 21.8 Å². The molecule has 0 fully saturated rings. The van der Waals surface area contributed by atoms with Gasteiger partial charge in [0.25, 0.3) is 0 Å². The second-order valence-electron chi connectivity index (χ2n) is 3.82. The van der Waals surface area contributed by atoms with Crippen molar-refractivity contribution in [3.05, 3.63) is 41.2 Å². The maximum Gasteiger partial charge on any atom is 0.142 e. The van der Waals surface area contributed by atoms with Gasteiger partial charge in [-0.05, 0) is 24.3 Å². The highest BCUT2D eigenvalue weighted by Gasteiger charge is 2.11. The Labute approximate surface area is 102 Å². The molecule has 0 radical (unpaired) electrons. The lowest BCUT2D eigenvalue weighted by molar-refractivity contribution is 0.415. The highest BCUT2D eigenvalue weighted by Crippen LogP contribution is 2.34. The Morgan fingerprint density at radius 3 is 2.76 bits per heavy atom. The summed E-state index contributed by atoms with van der Waals surface area (Å²) in [6, 6.07) is 8.61. The third-order valence-corrected chi connectivity index (χ3v) is 3.23. The summed E-state index contributed by atoms with van der Waals surface area (Å²) in [7, 11) is 1.61. The van der Waals surface area contributed by atoms with Crippen LogP contribution in [0.15, 0.2) is 30.3 Å². The molecule has 3 rings (SSSR count). The third-order valence-electron chi connectivity index (χ3n) is 2.86. The van der Waals surface area contributed by atoms with Gasteiger partial charge in [0.1, 0.15) is 11.6 Å². The fraction of sp³-hybridized carbons (Fsp3) is 0.0769. The lowest BCUT2D eigenvalue weighted by atomic mass is 10.1. The topological polar surface area (TPSA) is 25.0 Å². The SMILES string of the molecule is COc1ccc2c(c1)[nH]c1ccc(F)c(Cl)c12. The van der Waals surface area contributed by atoms with Gasteiger partial charge in [-0.25, -0.2) is 4.39 Å².